The molecule has 2 aromatic rings. The Morgan fingerprint density at radius 1 is 0.923 bits per heavy atom. The Morgan fingerprint density at radius 2 is 1.81 bits per heavy atom. The lowest BCUT2D eigenvalue weighted by molar-refractivity contribution is -0.166. The van der Waals surface area contributed by atoms with Gasteiger partial charge in [-0.15, -0.1) is 0 Å². The van der Waals surface area contributed by atoms with E-state index in [4.69, 9.17) is 4.74 Å². The summed E-state index contributed by atoms with van der Waals surface area (Å²) in [6.07, 6.45) is 12.6. The Kier molecular flexibility index (Phi) is 3.69. The third-order valence-corrected chi connectivity index (χ3v) is 7.56. The minimum Gasteiger partial charge on any atom is -0.363 e. The molecule has 2 atom stereocenters. The van der Waals surface area contributed by atoms with Crippen molar-refractivity contribution in [2.75, 3.05) is 13.2 Å². The Balaban J connectivity index is 1.45. The molecular formula is C23H30N2O. The lowest BCUT2D eigenvalue weighted by atomic mass is 9.83. The highest BCUT2D eigenvalue weighted by Gasteiger charge is 2.40. The highest BCUT2D eigenvalue weighted by Crippen LogP contribution is 2.45. The number of ether oxygens (including phenoxy) is 1. The molecule has 0 N–H and O–H groups in total. The second-order valence-corrected chi connectivity index (χ2v) is 8.89. The van der Waals surface area contributed by atoms with Gasteiger partial charge < -0.3 is 9.30 Å². The molecule has 6 rings (SSSR count). The third-order valence-electron chi connectivity index (χ3n) is 7.56. The van der Waals surface area contributed by atoms with Gasteiger partial charge in [-0.1, -0.05) is 25.3 Å². The van der Waals surface area contributed by atoms with Crippen LogP contribution in [0.15, 0.2) is 18.2 Å². The topological polar surface area (TPSA) is 17.4 Å². The number of hydrogen-bond donors (Lipinski definition) is 0. The van der Waals surface area contributed by atoms with Crippen LogP contribution >= 0.6 is 0 Å². The number of fused-ring (bicyclic) bond motifs is 3. The zero-order valence-electron chi connectivity index (χ0n) is 15.8. The highest BCUT2D eigenvalue weighted by molar-refractivity contribution is 5.87. The van der Waals surface area contributed by atoms with Crippen LogP contribution in [0.3, 0.4) is 0 Å². The summed E-state index contributed by atoms with van der Waals surface area (Å²) in [5, 5.41) is 1.57. The second-order valence-electron chi connectivity index (χ2n) is 8.89. The summed E-state index contributed by atoms with van der Waals surface area (Å²) in [5.41, 5.74) is 6.40. The summed E-state index contributed by atoms with van der Waals surface area (Å²) < 4.78 is 8.53. The van der Waals surface area contributed by atoms with Crippen molar-refractivity contribution >= 4 is 10.9 Å². The molecule has 2 aliphatic heterocycles. The van der Waals surface area contributed by atoms with Crippen LogP contribution in [0, 0.1) is 0 Å². The maximum atomic E-state index is 5.87. The van der Waals surface area contributed by atoms with Crippen LogP contribution in [0.2, 0.25) is 0 Å². The summed E-state index contributed by atoms with van der Waals surface area (Å²) in [7, 11) is 0. The maximum Gasteiger partial charge on any atom is 0.113 e. The van der Waals surface area contributed by atoms with Crippen molar-refractivity contribution in [3.63, 3.8) is 0 Å². The van der Waals surface area contributed by atoms with Gasteiger partial charge in [-0.2, -0.15) is 0 Å². The van der Waals surface area contributed by atoms with Gasteiger partial charge in [0.05, 0.1) is 12.6 Å². The van der Waals surface area contributed by atoms with E-state index in [0.29, 0.717) is 12.3 Å². The van der Waals surface area contributed by atoms with Crippen LogP contribution in [-0.2, 0) is 17.7 Å². The SMILES string of the molecule is c1cc2c(cc1C1CCCCC1)c1c3n2CCN([C@@H]2CCO2)[C@@H]3CCC1. The first-order valence-corrected chi connectivity index (χ1v) is 10.9. The van der Waals surface area contributed by atoms with Crippen LogP contribution in [0.25, 0.3) is 10.9 Å². The van der Waals surface area contributed by atoms with E-state index in [2.05, 4.69) is 27.7 Å². The molecule has 0 spiro atoms. The van der Waals surface area contributed by atoms with Gasteiger partial charge in [-0.3, -0.25) is 4.90 Å². The van der Waals surface area contributed by atoms with E-state index in [1.54, 1.807) is 22.2 Å². The van der Waals surface area contributed by atoms with Gasteiger partial charge in [0, 0.05) is 36.1 Å². The number of nitrogens with zero attached hydrogens (tertiary/aromatic N) is 2. The first-order valence-electron chi connectivity index (χ1n) is 10.9. The molecule has 2 fully saturated rings. The normalized spacial score (nSPS) is 29.5. The quantitative estimate of drug-likeness (QED) is 0.747. The fraction of sp³-hybridized carbons (Fsp3) is 0.652. The van der Waals surface area contributed by atoms with Crippen molar-refractivity contribution in [1.82, 2.24) is 9.47 Å². The first kappa shape index (κ1) is 15.7. The summed E-state index contributed by atoms with van der Waals surface area (Å²) >= 11 is 0. The monoisotopic (exact) mass is 350 g/mol. The fourth-order valence-corrected chi connectivity index (χ4v) is 6.17. The van der Waals surface area contributed by atoms with E-state index in [9.17, 15) is 0 Å². The first-order chi connectivity index (χ1) is 12.9. The summed E-state index contributed by atoms with van der Waals surface area (Å²) in [4.78, 5) is 2.67. The number of benzene rings is 1. The molecule has 1 saturated carbocycles. The van der Waals surface area contributed by atoms with Crippen molar-refractivity contribution in [2.24, 2.45) is 0 Å². The minimum absolute atomic E-state index is 0.385. The van der Waals surface area contributed by atoms with Crippen LogP contribution < -0.4 is 0 Å². The molecule has 3 heterocycles. The molecule has 0 radical (unpaired) electrons. The number of rotatable bonds is 2. The molecule has 2 aliphatic carbocycles. The van der Waals surface area contributed by atoms with E-state index in [0.717, 1.165) is 25.6 Å². The van der Waals surface area contributed by atoms with Crippen LogP contribution in [0.1, 0.15) is 80.1 Å². The lowest BCUT2D eigenvalue weighted by Gasteiger charge is -2.46. The van der Waals surface area contributed by atoms with Gasteiger partial charge in [0.15, 0.2) is 0 Å². The summed E-state index contributed by atoms with van der Waals surface area (Å²) in [6, 6.07) is 8.06. The molecule has 0 unspecified atom stereocenters. The van der Waals surface area contributed by atoms with E-state index >= 15 is 0 Å². The Bertz CT molecular complexity index is 828. The minimum atomic E-state index is 0.385. The molecule has 0 bridgehead atoms. The summed E-state index contributed by atoms with van der Waals surface area (Å²) in [5.74, 6) is 0.802. The lowest BCUT2D eigenvalue weighted by Crippen LogP contribution is -2.51. The highest BCUT2D eigenvalue weighted by atomic mass is 16.5. The molecule has 0 amide bonds. The molecule has 4 aliphatic rings. The Hall–Kier alpha value is -1.32. The molecule has 3 heteroatoms. The van der Waals surface area contributed by atoms with E-state index in [1.807, 2.05) is 0 Å². The van der Waals surface area contributed by atoms with Crippen LogP contribution in [0.5, 0.6) is 0 Å². The molecule has 1 aromatic carbocycles. The van der Waals surface area contributed by atoms with Crippen molar-refractivity contribution in [2.45, 2.75) is 82.5 Å². The predicted octanol–water partition coefficient (Wildman–Crippen LogP) is 5.13. The van der Waals surface area contributed by atoms with E-state index in [1.165, 1.54) is 63.3 Å². The van der Waals surface area contributed by atoms with Crippen molar-refractivity contribution in [3.8, 4) is 0 Å². The third kappa shape index (κ3) is 2.26. The summed E-state index contributed by atoms with van der Waals surface area (Å²) in [6.45, 7) is 3.23. The molecular weight excluding hydrogens is 320 g/mol. The van der Waals surface area contributed by atoms with Gasteiger partial charge in [0.2, 0.25) is 0 Å². The average molecular weight is 351 g/mol. The van der Waals surface area contributed by atoms with Gasteiger partial charge in [-0.05, 0) is 61.3 Å². The second kappa shape index (κ2) is 6.10. The fourth-order valence-electron chi connectivity index (χ4n) is 6.17. The van der Waals surface area contributed by atoms with E-state index in [-0.39, 0.29) is 0 Å². The van der Waals surface area contributed by atoms with Crippen molar-refractivity contribution in [3.05, 3.63) is 35.0 Å². The zero-order valence-corrected chi connectivity index (χ0v) is 15.8. The van der Waals surface area contributed by atoms with Gasteiger partial charge in [0.1, 0.15) is 6.23 Å². The number of aromatic nitrogens is 1. The Labute approximate surface area is 156 Å². The molecule has 3 nitrogen and oxygen atoms in total. The van der Waals surface area contributed by atoms with Gasteiger partial charge in [-0.25, -0.2) is 0 Å². The van der Waals surface area contributed by atoms with Crippen LogP contribution in [0.4, 0.5) is 0 Å². The standard InChI is InChI=1S/C23H30N2O/c1-2-5-16(6-3-1)17-9-10-20-19(15-17)18-7-4-8-21-23(18)25(20)13-12-24(21)22-11-14-26-22/h9-10,15-16,21-22H,1-8,11-14H2/t21-,22+/m1/s1. The number of aryl methyl sites for hydroxylation is 1. The van der Waals surface area contributed by atoms with Gasteiger partial charge in [0.25, 0.3) is 0 Å². The number of hydrogen-bond acceptors (Lipinski definition) is 2. The maximum absolute atomic E-state index is 5.87. The smallest absolute Gasteiger partial charge is 0.113 e. The average Bonchev–Trinajstić information content (AvgIpc) is 2.98. The van der Waals surface area contributed by atoms with Crippen molar-refractivity contribution in [1.29, 1.82) is 0 Å². The van der Waals surface area contributed by atoms with Crippen LogP contribution in [-0.4, -0.2) is 28.8 Å². The van der Waals surface area contributed by atoms with E-state index < -0.39 is 0 Å². The molecule has 26 heavy (non-hydrogen) atoms. The zero-order chi connectivity index (χ0) is 17.1. The van der Waals surface area contributed by atoms with Crippen molar-refractivity contribution < 1.29 is 4.74 Å². The predicted molar refractivity (Wildman–Crippen MR) is 105 cm³/mol. The Morgan fingerprint density at radius 3 is 2.62 bits per heavy atom. The van der Waals surface area contributed by atoms with Gasteiger partial charge >= 0.3 is 0 Å². The molecule has 1 aromatic heterocycles. The molecule has 138 valence electrons. The largest absolute Gasteiger partial charge is 0.363 e. The molecule has 1 saturated heterocycles.